The van der Waals surface area contributed by atoms with Gasteiger partial charge in [0, 0.05) is 18.3 Å². The van der Waals surface area contributed by atoms with Gasteiger partial charge in [0.05, 0.1) is 6.54 Å². The predicted octanol–water partition coefficient (Wildman–Crippen LogP) is 1.51. The summed E-state index contributed by atoms with van der Waals surface area (Å²) >= 11 is 0. The van der Waals surface area contributed by atoms with Gasteiger partial charge in [-0.25, -0.2) is 4.98 Å². The largest absolute Gasteiger partial charge is 0.443 e. The maximum Gasteiger partial charge on any atom is 0.195 e. The fourth-order valence-corrected chi connectivity index (χ4v) is 1.83. The molecule has 0 saturated heterocycles. The highest BCUT2D eigenvalue weighted by molar-refractivity contribution is 5.96. The SMILES string of the molecule is Cc1cc(NC2=NCCN2)cc2ocnc12. The number of hydrogen-bond donors (Lipinski definition) is 2. The Hall–Kier alpha value is -2.04. The second-order valence-electron chi connectivity index (χ2n) is 3.77. The summed E-state index contributed by atoms with van der Waals surface area (Å²) in [5.41, 5.74) is 3.76. The van der Waals surface area contributed by atoms with Gasteiger partial charge in [0.1, 0.15) is 5.52 Å². The van der Waals surface area contributed by atoms with Gasteiger partial charge in [0.15, 0.2) is 17.9 Å². The smallest absolute Gasteiger partial charge is 0.195 e. The van der Waals surface area contributed by atoms with Crippen LogP contribution in [-0.4, -0.2) is 24.0 Å². The summed E-state index contributed by atoms with van der Waals surface area (Å²) in [6.45, 7) is 3.73. The van der Waals surface area contributed by atoms with Crippen molar-refractivity contribution in [2.45, 2.75) is 6.92 Å². The fraction of sp³-hybridized carbons (Fsp3) is 0.273. The predicted molar refractivity (Wildman–Crippen MR) is 62.7 cm³/mol. The van der Waals surface area contributed by atoms with Gasteiger partial charge in [-0.1, -0.05) is 0 Å². The van der Waals surface area contributed by atoms with Crippen LogP contribution in [-0.2, 0) is 0 Å². The van der Waals surface area contributed by atoms with Crippen molar-refractivity contribution >= 4 is 22.7 Å². The van der Waals surface area contributed by atoms with Crippen LogP contribution in [0.1, 0.15) is 5.56 Å². The van der Waals surface area contributed by atoms with Crippen LogP contribution in [0, 0.1) is 6.92 Å². The van der Waals surface area contributed by atoms with Crippen molar-refractivity contribution in [1.29, 1.82) is 0 Å². The first-order valence-corrected chi connectivity index (χ1v) is 5.22. The van der Waals surface area contributed by atoms with Crippen molar-refractivity contribution in [1.82, 2.24) is 10.3 Å². The summed E-state index contributed by atoms with van der Waals surface area (Å²) in [6.07, 6.45) is 1.47. The third-order valence-corrected chi connectivity index (χ3v) is 2.56. The third kappa shape index (κ3) is 1.50. The zero-order valence-electron chi connectivity index (χ0n) is 8.95. The molecule has 0 aliphatic carbocycles. The monoisotopic (exact) mass is 216 g/mol. The Balaban J connectivity index is 1.97. The first-order chi connectivity index (χ1) is 7.83. The maximum absolute atomic E-state index is 5.29. The number of rotatable bonds is 1. The lowest BCUT2D eigenvalue weighted by Gasteiger charge is -2.07. The molecule has 1 aromatic carbocycles. The second-order valence-corrected chi connectivity index (χ2v) is 3.77. The molecule has 16 heavy (non-hydrogen) atoms. The van der Waals surface area contributed by atoms with E-state index in [9.17, 15) is 0 Å². The highest BCUT2D eigenvalue weighted by atomic mass is 16.3. The van der Waals surface area contributed by atoms with Crippen molar-refractivity contribution in [3.05, 3.63) is 24.1 Å². The molecule has 2 aromatic rings. The molecule has 0 spiro atoms. The molecule has 2 heterocycles. The van der Waals surface area contributed by atoms with Crippen LogP contribution in [0.4, 0.5) is 5.69 Å². The van der Waals surface area contributed by atoms with E-state index in [0.717, 1.165) is 41.4 Å². The zero-order valence-corrected chi connectivity index (χ0v) is 8.95. The van der Waals surface area contributed by atoms with Gasteiger partial charge >= 0.3 is 0 Å². The Bertz CT molecular complexity index is 558. The molecular formula is C11H12N4O. The van der Waals surface area contributed by atoms with Crippen LogP contribution in [0.3, 0.4) is 0 Å². The number of guanidine groups is 1. The maximum atomic E-state index is 5.29. The lowest BCUT2D eigenvalue weighted by Crippen LogP contribution is -2.26. The van der Waals surface area contributed by atoms with E-state index >= 15 is 0 Å². The molecule has 3 rings (SSSR count). The molecule has 0 saturated carbocycles. The van der Waals surface area contributed by atoms with E-state index in [4.69, 9.17) is 4.42 Å². The Labute approximate surface area is 92.6 Å². The number of oxazole rings is 1. The number of nitrogens with one attached hydrogen (secondary N) is 2. The van der Waals surface area contributed by atoms with Crippen molar-refractivity contribution in [2.24, 2.45) is 4.99 Å². The van der Waals surface area contributed by atoms with Crippen molar-refractivity contribution in [3.8, 4) is 0 Å². The van der Waals surface area contributed by atoms with Gasteiger partial charge in [0.2, 0.25) is 0 Å². The molecule has 0 atom stereocenters. The van der Waals surface area contributed by atoms with E-state index in [-0.39, 0.29) is 0 Å². The summed E-state index contributed by atoms with van der Waals surface area (Å²) in [6, 6.07) is 3.96. The normalized spacial score (nSPS) is 14.9. The minimum Gasteiger partial charge on any atom is -0.443 e. The number of fused-ring (bicyclic) bond motifs is 1. The highest BCUT2D eigenvalue weighted by Gasteiger charge is 2.08. The molecule has 0 bridgehead atoms. The molecule has 5 nitrogen and oxygen atoms in total. The average molecular weight is 216 g/mol. The van der Waals surface area contributed by atoms with Gasteiger partial charge in [-0.2, -0.15) is 0 Å². The second kappa shape index (κ2) is 3.52. The lowest BCUT2D eigenvalue weighted by molar-refractivity contribution is 0.602. The summed E-state index contributed by atoms with van der Waals surface area (Å²) in [7, 11) is 0. The molecule has 0 radical (unpaired) electrons. The number of nitrogens with zero attached hydrogens (tertiary/aromatic N) is 2. The third-order valence-electron chi connectivity index (χ3n) is 2.56. The zero-order chi connectivity index (χ0) is 11.0. The van der Waals surface area contributed by atoms with Gasteiger partial charge in [-0.15, -0.1) is 0 Å². The fourth-order valence-electron chi connectivity index (χ4n) is 1.83. The summed E-state index contributed by atoms with van der Waals surface area (Å²) in [4.78, 5) is 8.43. The summed E-state index contributed by atoms with van der Waals surface area (Å²) in [5, 5.41) is 6.37. The lowest BCUT2D eigenvalue weighted by atomic mass is 10.2. The minimum atomic E-state index is 0.793. The van der Waals surface area contributed by atoms with Crippen molar-refractivity contribution in [2.75, 3.05) is 18.4 Å². The number of anilines is 1. The van der Waals surface area contributed by atoms with E-state index in [1.54, 1.807) is 0 Å². The van der Waals surface area contributed by atoms with Gasteiger partial charge in [0.25, 0.3) is 0 Å². The van der Waals surface area contributed by atoms with Crippen molar-refractivity contribution < 1.29 is 4.42 Å². The standard InChI is InChI=1S/C11H12N4O/c1-7-4-8(15-11-12-2-3-13-11)5-9-10(7)14-6-16-9/h4-6H,2-3H2,1H3,(H2,12,13,15). The number of benzene rings is 1. The Morgan fingerprint density at radius 1 is 1.44 bits per heavy atom. The first kappa shape index (κ1) is 9.21. The van der Waals surface area contributed by atoms with Crippen LogP contribution in [0.2, 0.25) is 0 Å². The topological polar surface area (TPSA) is 62.5 Å². The van der Waals surface area contributed by atoms with E-state index in [1.165, 1.54) is 6.39 Å². The number of aliphatic imine (C=N–C) groups is 1. The van der Waals surface area contributed by atoms with E-state index in [2.05, 4.69) is 20.6 Å². The molecule has 82 valence electrons. The van der Waals surface area contributed by atoms with Gasteiger partial charge in [-0.3, -0.25) is 4.99 Å². The molecule has 1 aliphatic heterocycles. The highest BCUT2D eigenvalue weighted by Crippen LogP contribution is 2.22. The minimum absolute atomic E-state index is 0.793. The molecule has 2 N–H and O–H groups in total. The van der Waals surface area contributed by atoms with Crippen LogP contribution in [0.25, 0.3) is 11.1 Å². The van der Waals surface area contributed by atoms with Gasteiger partial charge < -0.3 is 15.1 Å². The molecule has 0 amide bonds. The number of hydrogen-bond acceptors (Lipinski definition) is 5. The Kier molecular flexibility index (Phi) is 2.02. The van der Waals surface area contributed by atoms with Crippen LogP contribution in [0.15, 0.2) is 27.9 Å². The van der Waals surface area contributed by atoms with E-state index < -0.39 is 0 Å². The molecule has 5 heteroatoms. The van der Waals surface area contributed by atoms with Crippen LogP contribution in [0.5, 0.6) is 0 Å². The van der Waals surface area contributed by atoms with E-state index in [1.807, 2.05) is 19.1 Å². The molecule has 0 fully saturated rings. The first-order valence-electron chi connectivity index (χ1n) is 5.22. The molecular weight excluding hydrogens is 204 g/mol. The molecule has 1 aromatic heterocycles. The molecule has 1 aliphatic rings. The van der Waals surface area contributed by atoms with Crippen LogP contribution >= 0.6 is 0 Å². The molecule has 0 unspecified atom stereocenters. The van der Waals surface area contributed by atoms with Gasteiger partial charge in [-0.05, 0) is 18.6 Å². The van der Waals surface area contributed by atoms with Crippen molar-refractivity contribution in [3.63, 3.8) is 0 Å². The van der Waals surface area contributed by atoms with E-state index in [0.29, 0.717) is 0 Å². The summed E-state index contributed by atoms with van der Waals surface area (Å²) < 4.78 is 5.29. The Morgan fingerprint density at radius 3 is 3.19 bits per heavy atom. The quantitative estimate of drug-likeness (QED) is 0.758. The summed E-state index contributed by atoms with van der Waals surface area (Å²) in [5.74, 6) is 0.818. The number of aryl methyl sites for hydroxylation is 1. The Morgan fingerprint density at radius 2 is 2.38 bits per heavy atom. The number of aromatic nitrogens is 1. The average Bonchev–Trinajstić information content (AvgIpc) is 2.87. The van der Waals surface area contributed by atoms with Crippen LogP contribution < -0.4 is 10.6 Å².